The lowest BCUT2D eigenvalue weighted by molar-refractivity contribution is -0.137. The number of carbonyl (C=O) groups is 3. The highest BCUT2D eigenvalue weighted by atomic mass is 16.5. The van der Waals surface area contributed by atoms with Crippen molar-refractivity contribution in [1.82, 2.24) is 4.90 Å². The van der Waals surface area contributed by atoms with Gasteiger partial charge in [0.05, 0.1) is 37.2 Å². The number of amides is 3. The van der Waals surface area contributed by atoms with E-state index in [9.17, 15) is 14.4 Å². The number of imide groups is 1. The Labute approximate surface area is 161 Å². The molecule has 0 radical (unpaired) electrons. The number of hydrogen-bond acceptors (Lipinski definition) is 6. The van der Waals surface area contributed by atoms with Crippen molar-refractivity contribution in [1.29, 1.82) is 0 Å². The highest BCUT2D eigenvalue weighted by Crippen LogP contribution is 2.26. The maximum atomic E-state index is 12.8. The Kier molecular flexibility index (Phi) is 5.71. The zero-order valence-electron chi connectivity index (χ0n) is 15.1. The minimum Gasteiger partial charge on any atom is -0.495 e. The molecule has 0 spiro atoms. The van der Waals surface area contributed by atoms with Gasteiger partial charge in [0.25, 0.3) is 17.7 Å². The average Bonchev–Trinajstić information content (AvgIpc) is 2.96. The summed E-state index contributed by atoms with van der Waals surface area (Å²) in [5.41, 5.74) is 1.20. The van der Waals surface area contributed by atoms with E-state index in [1.165, 1.54) is 7.11 Å². The monoisotopic (exact) mass is 381 g/mol. The van der Waals surface area contributed by atoms with Gasteiger partial charge in [0.15, 0.2) is 0 Å². The minimum absolute atomic E-state index is 0.0380. The third kappa shape index (κ3) is 3.86. The maximum Gasteiger partial charge on any atom is 0.277 e. The van der Waals surface area contributed by atoms with E-state index in [0.29, 0.717) is 17.1 Å². The van der Waals surface area contributed by atoms with Crippen LogP contribution in [-0.2, 0) is 9.59 Å². The van der Waals surface area contributed by atoms with Gasteiger partial charge in [0.1, 0.15) is 11.4 Å². The first-order valence-electron chi connectivity index (χ1n) is 8.54. The minimum atomic E-state index is -0.556. The Morgan fingerprint density at radius 1 is 1.07 bits per heavy atom. The van der Waals surface area contributed by atoms with Crippen molar-refractivity contribution < 1.29 is 24.2 Å². The molecular formula is C20H19N3O5. The summed E-state index contributed by atoms with van der Waals surface area (Å²) in [6, 6.07) is 13.6. The van der Waals surface area contributed by atoms with Crippen molar-refractivity contribution in [2.75, 3.05) is 30.9 Å². The van der Waals surface area contributed by atoms with Crippen LogP contribution >= 0.6 is 0 Å². The molecule has 144 valence electrons. The van der Waals surface area contributed by atoms with Crippen molar-refractivity contribution in [3.8, 4) is 5.75 Å². The molecule has 0 saturated heterocycles. The molecule has 0 fully saturated rings. The predicted octanol–water partition coefficient (Wildman–Crippen LogP) is 1.60. The van der Waals surface area contributed by atoms with Gasteiger partial charge in [-0.15, -0.1) is 0 Å². The number of hydrogen-bond donors (Lipinski definition) is 3. The van der Waals surface area contributed by atoms with Crippen LogP contribution in [-0.4, -0.2) is 48.0 Å². The van der Waals surface area contributed by atoms with Gasteiger partial charge < -0.3 is 20.5 Å². The summed E-state index contributed by atoms with van der Waals surface area (Å²) in [6.45, 7) is -0.411. The number of β-amino-alcohol motifs (C(OH)–C–C–N with tert-alkyl or cyclic N) is 1. The summed E-state index contributed by atoms with van der Waals surface area (Å²) in [7, 11) is 1.51. The number of nitrogens with zero attached hydrogens (tertiary/aromatic N) is 1. The first-order valence-corrected chi connectivity index (χ1v) is 8.54. The fraction of sp³-hybridized carbons (Fsp3) is 0.150. The van der Waals surface area contributed by atoms with Crippen LogP contribution < -0.4 is 15.4 Å². The second kappa shape index (κ2) is 8.36. The van der Waals surface area contributed by atoms with Gasteiger partial charge in [0, 0.05) is 6.08 Å². The molecule has 0 saturated carbocycles. The zero-order valence-corrected chi connectivity index (χ0v) is 15.1. The Balaban J connectivity index is 1.82. The second-order valence-corrected chi connectivity index (χ2v) is 5.90. The standard InChI is InChI=1S/C20H19N3O5/c1-28-17-9-5-4-8-15(17)22-19(26)13-6-2-3-7-14(13)21-16-12-18(25)23(10-11-24)20(16)27/h2-9,12,21,24H,10-11H2,1H3,(H,22,26). The third-order valence-electron chi connectivity index (χ3n) is 4.13. The van der Waals surface area contributed by atoms with E-state index >= 15 is 0 Å². The lowest BCUT2D eigenvalue weighted by Crippen LogP contribution is -2.34. The summed E-state index contributed by atoms with van der Waals surface area (Å²) in [5.74, 6) is -0.964. The van der Waals surface area contributed by atoms with E-state index in [1.54, 1.807) is 48.5 Å². The van der Waals surface area contributed by atoms with Gasteiger partial charge in [0.2, 0.25) is 0 Å². The molecule has 0 aliphatic carbocycles. The lowest BCUT2D eigenvalue weighted by atomic mass is 10.1. The number of rotatable bonds is 7. The highest BCUT2D eigenvalue weighted by Gasteiger charge is 2.31. The van der Waals surface area contributed by atoms with Gasteiger partial charge in [-0.05, 0) is 24.3 Å². The first kappa shape index (κ1) is 19.1. The van der Waals surface area contributed by atoms with Gasteiger partial charge in [-0.3, -0.25) is 19.3 Å². The summed E-state index contributed by atoms with van der Waals surface area (Å²) >= 11 is 0. The highest BCUT2D eigenvalue weighted by molar-refractivity contribution is 6.18. The van der Waals surface area contributed by atoms with Gasteiger partial charge in [-0.2, -0.15) is 0 Å². The van der Waals surface area contributed by atoms with Gasteiger partial charge in [-0.25, -0.2) is 0 Å². The summed E-state index contributed by atoms with van der Waals surface area (Å²) in [4.78, 5) is 37.9. The number of ether oxygens (including phenoxy) is 1. The van der Waals surface area contributed by atoms with Crippen LogP contribution in [0.5, 0.6) is 5.75 Å². The number of anilines is 2. The van der Waals surface area contributed by atoms with Gasteiger partial charge in [-0.1, -0.05) is 24.3 Å². The number of aliphatic hydroxyl groups excluding tert-OH is 1. The molecule has 8 nitrogen and oxygen atoms in total. The van der Waals surface area contributed by atoms with Crippen LogP contribution in [0.2, 0.25) is 0 Å². The number of nitrogens with one attached hydrogen (secondary N) is 2. The molecule has 3 rings (SSSR count). The molecule has 1 aliphatic heterocycles. The number of aliphatic hydroxyl groups is 1. The summed E-state index contributed by atoms with van der Waals surface area (Å²) in [6.07, 6.45) is 1.15. The molecule has 8 heteroatoms. The van der Waals surface area contributed by atoms with Crippen LogP contribution in [0, 0.1) is 0 Å². The van der Waals surface area contributed by atoms with Gasteiger partial charge >= 0.3 is 0 Å². The summed E-state index contributed by atoms with van der Waals surface area (Å²) < 4.78 is 5.23. The van der Waals surface area contributed by atoms with Crippen molar-refractivity contribution in [2.45, 2.75) is 0 Å². The molecule has 0 unspecified atom stereocenters. The smallest absolute Gasteiger partial charge is 0.277 e. The first-order chi connectivity index (χ1) is 13.5. The van der Waals surface area contributed by atoms with Crippen LogP contribution in [0.3, 0.4) is 0 Å². The fourth-order valence-electron chi connectivity index (χ4n) is 2.78. The van der Waals surface area contributed by atoms with Crippen molar-refractivity contribution in [2.24, 2.45) is 0 Å². The van der Waals surface area contributed by atoms with Crippen LogP contribution in [0.25, 0.3) is 0 Å². The molecule has 0 bridgehead atoms. The number of carbonyl (C=O) groups excluding carboxylic acids is 3. The third-order valence-corrected chi connectivity index (χ3v) is 4.13. The molecule has 1 heterocycles. The molecule has 2 aromatic rings. The van der Waals surface area contributed by atoms with E-state index < -0.39 is 17.7 Å². The second-order valence-electron chi connectivity index (χ2n) is 5.90. The Morgan fingerprint density at radius 2 is 1.75 bits per heavy atom. The quantitative estimate of drug-likeness (QED) is 0.629. The number of methoxy groups -OCH3 is 1. The van der Waals surface area contributed by atoms with E-state index in [0.717, 1.165) is 11.0 Å². The zero-order chi connectivity index (χ0) is 20.1. The fourth-order valence-corrected chi connectivity index (χ4v) is 2.78. The largest absolute Gasteiger partial charge is 0.495 e. The number of benzene rings is 2. The van der Waals surface area contributed by atoms with Crippen LogP contribution in [0.4, 0.5) is 11.4 Å². The van der Waals surface area contributed by atoms with E-state index in [-0.39, 0.29) is 24.4 Å². The molecular weight excluding hydrogens is 362 g/mol. The average molecular weight is 381 g/mol. The maximum absolute atomic E-state index is 12.8. The molecule has 0 aromatic heterocycles. The molecule has 0 atom stereocenters. The topological polar surface area (TPSA) is 108 Å². The lowest BCUT2D eigenvalue weighted by Gasteiger charge is -2.15. The molecule has 28 heavy (non-hydrogen) atoms. The molecule has 3 amide bonds. The van der Waals surface area contributed by atoms with Crippen LogP contribution in [0.1, 0.15) is 10.4 Å². The van der Waals surface area contributed by atoms with Crippen molar-refractivity contribution in [3.63, 3.8) is 0 Å². The van der Waals surface area contributed by atoms with E-state index in [4.69, 9.17) is 9.84 Å². The van der Waals surface area contributed by atoms with E-state index in [1.807, 2.05) is 0 Å². The normalized spacial score (nSPS) is 13.4. The van der Waals surface area contributed by atoms with E-state index in [2.05, 4.69) is 10.6 Å². The molecule has 1 aliphatic rings. The SMILES string of the molecule is COc1ccccc1NC(=O)c1ccccc1NC1=CC(=O)N(CCO)C1=O. The predicted molar refractivity (Wildman–Crippen MR) is 103 cm³/mol. The molecule has 2 aromatic carbocycles. The Hall–Kier alpha value is -3.65. The number of para-hydroxylation sites is 3. The van der Waals surface area contributed by atoms with Crippen molar-refractivity contribution in [3.05, 3.63) is 65.9 Å². The molecule has 3 N–H and O–H groups in total. The Morgan fingerprint density at radius 3 is 2.46 bits per heavy atom. The summed E-state index contributed by atoms with van der Waals surface area (Å²) in [5, 5.41) is 14.6. The van der Waals surface area contributed by atoms with Crippen molar-refractivity contribution >= 4 is 29.1 Å². The Bertz CT molecular complexity index is 954. The van der Waals surface area contributed by atoms with Crippen LogP contribution in [0.15, 0.2) is 60.3 Å².